The molecular weight excluding hydrogens is 320 g/mol. The van der Waals surface area contributed by atoms with E-state index in [1.54, 1.807) is 0 Å². The van der Waals surface area contributed by atoms with Gasteiger partial charge in [-0.2, -0.15) is 0 Å². The summed E-state index contributed by atoms with van der Waals surface area (Å²) in [5.74, 6) is 0.531. The van der Waals surface area contributed by atoms with E-state index in [1.807, 2.05) is 12.3 Å². The summed E-state index contributed by atoms with van der Waals surface area (Å²) in [5.41, 5.74) is 0.759. The maximum absolute atomic E-state index is 12.3. The van der Waals surface area contributed by atoms with Gasteiger partial charge >= 0.3 is 0 Å². The molecule has 1 aromatic rings. The van der Waals surface area contributed by atoms with E-state index in [9.17, 15) is 9.90 Å². The van der Waals surface area contributed by atoms with Crippen LogP contribution in [-0.4, -0.2) is 28.2 Å². The molecule has 3 rings (SSSR count). The van der Waals surface area contributed by atoms with Crippen LogP contribution in [0.2, 0.25) is 0 Å². The van der Waals surface area contributed by atoms with Crippen molar-refractivity contribution in [1.29, 1.82) is 0 Å². The van der Waals surface area contributed by atoms with Crippen molar-refractivity contribution in [3.8, 4) is 0 Å². The van der Waals surface area contributed by atoms with E-state index in [0.29, 0.717) is 12.0 Å². The third-order valence-electron chi connectivity index (χ3n) is 4.36. The third-order valence-corrected chi connectivity index (χ3v) is 4.79. The Kier molecular flexibility index (Phi) is 4.17. The molecule has 0 aliphatic heterocycles. The molecule has 2 saturated carbocycles. The van der Waals surface area contributed by atoms with E-state index in [4.69, 9.17) is 0 Å². The average molecular weight is 341 g/mol. The first-order valence-electron chi connectivity index (χ1n) is 7.47. The molecule has 1 heterocycles. The zero-order chi connectivity index (χ0) is 14.1. The van der Waals surface area contributed by atoms with Crippen LogP contribution in [0.15, 0.2) is 16.7 Å². The van der Waals surface area contributed by atoms with Gasteiger partial charge in [-0.1, -0.05) is 0 Å². The minimum absolute atomic E-state index is 0.0220. The third kappa shape index (κ3) is 3.26. The van der Waals surface area contributed by atoms with Gasteiger partial charge in [0.25, 0.3) is 5.91 Å². The lowest BCUT2D eigenvalue weighted by atomic mass is 9.87. The van der Waals surface area contributed by atoms with Crippen LogP contribution in [-0.2, 0) is 0 Å². The number of nitrogens with zero attached hydrogens (tertiary/aromatic N) is 1. The molecule has 5 heteroatoms. The molecule has 2 aliphatic carbocycles. The molecule has 2 N–H and O–H groups in total. The van der Waals surface area contributed by atoms with E-state index in [-0.39, 0.29) is 12.0 Å². The Morgan fingerprint density at radius 2 is 2.00 bits per heavy atom. The molecule has 0 unspecified atom stereocenters. The Bertz CT molecular complexity index is 488. The van der Waals surface area contributed by atoms with Crippen LogP contribution in [0.3, 0.4) is 0 Å². The highest BCUT2D eigenvalue weighted by Crippen LogP contribution is 2.37. The van der Waals surface area contributed by atoms with E-state index in [1.165, 1.54) is 12.8 Å². The van der Waals surface area contributed by atoms with Gasteiger partial charge in [-0.05, 0) is 66.4 Å². The van der Waals surface area contributed by atoms with Gasteiger partial charge in [0.1, 0.15) is 5.69 Å². The van der Waals surface area contributed by atoms with Crippen molar-refractivity contribution in [2.24, 2.45) is 5.92 Å². The molecule has 0 bridgehead atoms. The number of aliphatic hydroxyl groups excluding tert-OH is 1. The maximum Gasteiger partial charge on any atom is 0.267 e. The quantitative estimate of drug-likeness (QED) is 0.885. The zero-order valence-corrected chi connectivity index (χ0v) is 13.1. The predicted octanol–water partition coefficient (Wildman–Crippen LogP) is 2.87. The van der Waals surface area contributed by atoms with Gasteiger partial charge in [-0.3, -0.25) is 4.79 Å². The fourth-order valence-corrected chi connectivity index (χ4v) is 3.40. The number of halogens is 1. The smallest absolute Gasteiger partial charge is 0.267 e. The summed E-state index contributed by atoms with van der Waals surface area (Å²) in [4.78, 5) is 12.3. The van der Waals surface area contributed by atoms with Crippen molar-refractivity contribution in [2.45, 2.75) is 50.7 Å². The molecular formula is C15H21BrN2O2. The summed E-state index contributed by atoms with van der Waals surface area (Å²) in [6, 6.07) is 2.41. The number of hydrogen-bond acceptors (Lipinski definition) is 2. The second-order valence-corrected chi connectivity index (χ2v) is 6.98. The number of carbonyl (C=O) groups excluding carboxylic acids is 1. The highest BCUT2D eigenvalue weighted by Gasteiger charge is 2.28. The minimum Gasteiger partial charge on any atom is -0.393 e. The Morgan fingerprint density at radius 1 is 1.30 bits per heavy atom. The van der Waals surface area contributed by atoms with Gasteiger partial charge in [0.2, 0.25) is 0 Å². The molecule has 110 valence electrons. The van der Waals surface area contributed by atoms with Gasteiger partial charge < -0.3 is 15.0 Å². The molecule has 0 aromatic carbocycles. The topological polar surface area (TPSA) is 54.3 Å². The van der Waals surface area contributed by atoms with Gasteiger partial charge in [-0.25, -0.2) is 0 Å². The monoisotopic (exact) mass is 340 g/mol. The van der Waals surface area contributed by atoms with Crippen LogP contribution in [0.25, 0.3) is 0 Å². The van der Waals surface area contributed by atoms with E-state index < -0.39 is 0 Å². The molecule has 1 amide bonds. The maximum atomic E-state index is 12.3. The van der Waals surface area contributed by atoms with Crippen LogP contribution in [0, 0.1) is 5.92 Å². The molecule has 20 heavy (non-hydrogen) atoms. The van der Waals surface area contributed by atoms with Gasteiger partial charge in [0.05, 0.1) is 6.10 Å². The van der Waals surface area contributed by atoms with Gasteiger partial charge in [0.15, 0.2) is 0 Å². The van der Waals surface area contributed by atoms with Crippen LogP contribution in [0.4, 0.5) is 0 Å². The fraction of sp³-hybridized carbons (Fsp3) is 0.667. The molecule has 2 aliphatic rings. The fourth-order valence-electron chi connectivity index (χ4n) is 2.96. The first-order chi connectivity index (χ1) is 9.63. The van der Waals surface area contributed by atoms with E-state index in [0.717, 1.165) is 42.4 Å². The summed E-state index contributed by atoms with van der Waals surface area (Å²) in [5, 5.41) is 12.6. The van der Waals surface area contributed by atoms with Crippen molar-refractivity contribution < 1.29 is 9.90 Å². The molecule has 0 spiro atoms. The highest BCUT2D eigenvalue weighted by molar-refractivity contribution is 9.10. The van der Waals surface area contributed by atoms with Gasteiger partial charge in [-0.15, -0.1) is 0 Å². The predicted molar refractivity (Wildman–Crippen MR) is 80.7 cm³/mol. The second-order valence-electron chi connectivity index (χ2n) is 6.07. The molecule has 2 fully saturated rings. The number of amides is 1. The van der Waals surface area contributed by atoms with Crippen LogP contribution < -0.4 is 5.32 Å². The molecule has 4 nitrogen and oxygen atoms in total. The van der Waals surface area contributed by atoms with Crippen LogP contribution in [0.5, 0.6) is 0 Å². The molecule has 1 aromatic heterocycles. The summed E-state index contributed by atoms with van der Waals surface area (Å²) >= 11 is 3.45. The van der Waals surface area contributed by atoms with Crippen LogP contribution in [0.1, 0.15) is 55.1 Å². The lowest BCUT2D eigenvalue weighted by molar-refractivity contribution is 0.0902. The largest absolute Gasteiger partial charge is 0.393 e. The number of aliphatic hydroxyl groups is 1. The standard InChI is InChI=1S/C15H21BrN2O2/c16-11-7-14(18(9-11)12-3-4-12)15(20)17-8-10-1-5-13(19)6-2-10/h7,9-10,12-13,19H,1-6,8H2,(H,17,20). The summed E-state index contributed by atoms with van der Waals surface area (Å²) < 4.78 is 3.06. The Hall–Kier alpha value is -0.810. The van der Waals surface area contributed by atoms with Crippen molar-refractivity contribution in [2.75, 3.05) is 6.54 Å². The van der Waals surface area contributed by atoms with Crippen molar-refractivity contribution in [3.63, 3.8) is 0 Å². The van der Waals surface area contributed by atoms with Gasteiger partial charge in [0, 0.05) is 23.3 Å². The SMILES string of the molecule is O=C(NCC1CCC(O)CC1)c1cc(Br)cn1C1CC1. The zero-order valence-electron chi connectivity index (χ0n) is 11.5. The Morgan fingerprint density at radius 3 is 2.65 bits per heavy atom. The van der Waals surface area contributed by atoms with Crippen molar-refractivity contribution >= 4 is 21.8 Å². The number of hydrogen-bond donors (Lipinski definition) is 2. The first-order valence-corrected chi connectivity index (χ1v) is 8.26. The summed E-state index contributed by atoms with van der Waals surface area (Å²) in [6.07, 6.45) is 7.96. The van der Waals surface area contributed by atoms with Crippen LogP contribution >= 0.6 is 15.9 Å². The number of rotatable bonds is 4. The number of nitrogens with one attached hydrogen (secondary N) is 1. The highest BCUT2D eigenvalue weighted by atomic mass is 79.9. The average Bonchev–Trinajstić information content (AvgIpc) is 3.20. The van der Waals surface area contributed by atoms with Crippen molar-refractivity contribution in [1.82, 2.24) is 9.88 Å². The summed E-state index contributed by atoms with van der Waals surface area (Å²) in [7, 11) is 0. The number of aromatic nitrogens is 1. The lowest BCUT2D eigenvalue weighted by Crippen LogP contribution is -2.33. The Labute approximate surface area is 127 Å². The molecule has 0 atom stereocenters. The van der Waals surface area contributed by atoms with E-state index in [2.05, 4.69) is 25.8 Å². The second kappa shape index (κ2) is 5.90. The first kappa shape index (κ1) is 14.1. The molecule has 0 radical (unpaired) electrons. The normalized spacial score (nSPS) is 26.5. The molecule has 0 saturated heterocycles. The van der Waals surface area contributed by atoms with E-state index >= 15 is 0 Å². The Balaban J connectivity index is 1.56. The minimum atomic E-state index is -0.134. The van der Waals surface area contributed by atoms with Crippen molar-refractivity contribution in [3.05, 3.63) is 22.4 Å². The lowest BCUT2D eigenvalue weighted by Gasteiger charge is -2.25. The number of carbonyl (C=O) groups is 1. The summed E-state index contributed by atoms with van der Waals surface area (Å²) in [6.45, 7) is 0.721.